The highest BCUT2D eigenvalue weighted by molar-refractivity contribution is 6.53. The van der Waals surface area contributed by atoms with Gasteiger partial charge in [0.25, 0.3) is 11.8 Å². The summed E-state index contributed by atoms with van der Waals surface area (Å²) < 4.78 is 0. The number of hydrogen-bond donors (Lipinski definition) is 0. The lowest BCUT2D eigenvalue weighted by Crippen LogP contribution is -2.29. The van der Waals surface area contributed by atoms with Gasteiger partial charge in [0.05, 0.1) is 36.9 Å². The molecule has 3 nitrogen and oxygen atoms in total. The van der Waals surface area contributed by atoms with Crippen molar-refractivity contribution in [3.05, 3.63) is 61.5 Å². The molecule has 0 spiro atoms. The van der Waals surface area contributed by atoms with Crippen LogP contribution in [-0.4, -0.2) is 11.8 Å². The average Bonchev–Trinajstić information content (AvgIpc) is 2.73. The number of benzene rings is 2. The number of hydrogen-bond acceptors (Lipinski definition) is 2. The molecule has 7 heteroatoms. The summed E-state index contributed by atoms with van der Waals surface area (Å²) >= 11 is 23.9. The number of carbonyl (C=O) groups is 2. The zero-order valence-corrected chi connectivity index (χ0v) is 13.2. The minimum absolute atomic E-state index is 0.000530. The van der Waals surface area contributed by atoms with E-state index in [1.165, 1.54) is 6.07 Å². The van der Waals surface area contributed by atoms with Crippen molar-refractivity contribution in [1.82, 2.24) is 0 Å². The molecule has 0 fully saturated rings. The average molecular weight is 361 g/mol. The summed E-state index contributed by atoms with van der Waals surface area (Å²) in [5.74, 6) is -0.959. The van der Waals surface area contributed by atoms with Crippen LogP contribution in [0.1, 0.15) is 20.7 Å². The Balaban J connectivity index is 2.21. The maximum Gasteiger partial charge on any atom is 0.266 e. The molecule has 1 aliphatic rings. The second kappa shape index (κ2) is 5.18. The molecular weight excluding hydrogens is 356 g/mol. The summed E-state index contributed by atoms with van der Waals surface area (Å²) in [6.07, 6.45) is 0. The van der Waals surface area contributed by atoms with Gasteiger partial charge in [-0.1, -0.05) is 58.5 Å². The summed E-state index contributed by atoms with van der Waals surface area (Å²) in [5.41, 5.74) is 0.726. The first-order chi connectivity index (χ1) is 9.93. The molecule has 2 amide bonds. The van der Waals surface area contributed by atoms with Gasteiger partial charge in [-0.15, -0.1) is 0 Å². The molecule has 106 valence electrons. The van der Waals surface area contributed by atoms with Gasteiger partial charge >= 0.3 is 0 Å². The molecule has 0 saturated carbocycles. The summed E-state index contributed by atoms with van der Waals surface area (Å²) in [6.45, 7) is 0. The van der Waals surface area contributed by atoms with E-state index in [-0.39, 0.29) is 25.8 Å². The fourth-order valence-electron chi connectivity index (χ4n) is 2.13. The SMILES string of the molecule is O=C1c2ccccc2C(=O)N1c1cc(Cl)c(Cl)c(Cl)c1Cl. The summed E-state index contributed by atoms with van der Waals surface area (Å²) in [7, 11) is 0. The molecular formula is C14H5Cl4NO2. The number of rotatable bonds is 1. The molecule has 2 aromatic carbocycles. The Labute approximate surface area is 140 Å². The number of carbonyl (C=O) groups excluding carboxylic acids is 2. The smallest absolute Gasteiger partial charge is 0.266 e. The van der Waals surface area contributed by atoms with E-state index in [9.17, 15) is 9.59 Å². The topological polar surface area (TPSA) is 37.4 Å². The summed E-state index contributed by atoms with van der Waals surface area (Å²) in [4.78, 5) is 25.7. The van der Waals surface area contributed by atoms with Crippen LogP contribution in [0, 0.1) is 0 Å². The van der Waals surface area contributed by atoms with E-state index in [2.05, 4.69) is 0 Å². The van der Waals surface area contributed by atoms with Crippen LogP contribution in [0.2, 0.25) is 20.1 Å². The predicted octanol–water partition coefficient (Wildman–Crippen LogP) is 5.10. The zero-order chi connectivity index (χ0) is 15.3. The van der Waals surface area contributed by atoms with Gasteiger partial charge in [-0.25, -0.2) is 4.90 Å². The lowest BCUT2D eigenvalue weighted by Gasteiger charge is -2.17. The van der Waals surface area contributed by atoms with Crippen molar-refractivity contribution < 1.29 is 9.59 Å². The number of imide groups is 1. The Hall–Kier alpha value is -1.26. The quantitative estimate of drug-likeness (QED) is 0.403. The van der Waals surface area contributed by atoms with Crippen molar-refractivity contribution in [1.29, 1.82) is 0 Å². The predicted molar refractivity (Wildman–Crippen MR) is 84.1 cm³/mol. The molecule has 21 heavy (non-hydrogen) atoms. The summed E-state index contributed by atoms with van der Waals surface area (Å²) in [6, 6.07) is 7.85. The third kappa shape index (κ3) is 2.12. The van der Waals surface area contributed by atoms with Crippen molar-refractivity contribution in [2.24, 2.45) is 0 Å². The van der Waals surface area contributed by atoms with E-state index in [1.807, 2.05) is 0 Å². The third-order valence-corrected chi connectivity index (χ3v) is 4.86. The fraction of sp³-hybridized carbons (Fsp3) is 0. The van der Waals surface area contributed by atoms with Gasteiger partial charge in [0, 0.05) is 0 Å². The minimum atomic E-state index is -0.480. The summed E-state index contributed by atoms with van der Waals surface area (Å²) in [5, 5.41) is 0.180. The first-order valence-electron chi connectivity index (χ1n) is 5.74. The van der Waals surface area contributed by atoms with Gasteiger partial charge in [0.1, 0.15) is 0 Å². The Kier molecular flexibility index (Phi) is 3.62. The maximum atomic E-state index is 12.4. The molecule has 0 radical (unpaired) electrons. The van der Waals surface area contributed by atoms with Gasteiger partial charge in [-0.2, -0.15) is 0 Å². The molecule has 0 aromatic heterocycles. The minimum Gasteiger partial charge on any atom is -0.268 e. The Bertz CT molecular complexity index is 769. The van der Waals surface area contributed by atoms with Gasteiger partial charge in [0.15, 0.2) is 0 Å². The third-order valence-electron chi connectivity index (χ3n) is 3.12. The highest BCUT2D eigenvalue weighted by atomic mass is 35.5. The van der Waals surface area contributed by atoms with E-state index in [0.29, 0.717) is 11.1 Å². The standard InChI is InChI=1S/C14H5Cl4NO2/c15-8-5-9(11(17)12(18)10(8)16)19-13(20)6-3-1-2-4-7(6)14(19)21/h1-5H. The van der Waals surface area contributed by atoms with Crippen molar-refractivity contribution >= 4 is 63.9 Å². The first kappa shape index (κ1) is 14.7. The van der Waals surface area contributed by atoms with Gasteiger partial charge in [-0.3, -0.25) is 9.59 Å². The van der Waals surface area contributed by atoms with Crippen LogP contribution >= 0.6 is 46.4 Å². The Morgan fingerprint density at radius 2 is 1.29 bits per heavy atom. The van der Waals surface area contributed by atoms with Crippen LogP contribution in [0.15, 0.2) is 30.3 Å². The van der Waals surface area contributed by atoms with Crippen molar-refractivity contribution in [3.8, 4) is 0 Å². The molecule has 0 atom stereocenters. The lowest BCUT2D eigenvalue weighted by atomic mass is 10.1. The lowest BCUT2D eigenvalue weighted by molar-refractivity contribution is 0.0926. The molecule has 0 unspecified atom stereocenters. The van der Waals surface area contributed by atoms with Crippen molar-refractivity contribution in [2.45, 2.75) is 0 Å². The number of nitrogens with zero attached hydrogens (tertiary/aromatic N) is 1. The van der Waals surface area contributed by atoms with Gasteiger partial charge in [-0.05, 0) is 18.2 Å². The van der Waals surface area contributed by atoms with Crippen molar-refractivity contribution in [2.75, 3.05) is 4.90 Å². The van der Waals surface area contributed by atoms with E-state index >= 15 is 0 Å². The van der Waals surface area contributed by atoms with E-state index in [4.69, 9.17) is 46.4 Å². The largest absolute Gasteiger partial charge is 0.268 e. The molecule has 0 saturated heterocycles. The molecule has 3 rings (SSSR count). The molecule has 0 bridgehead atoms. The number of fused-ring (bicyclic) bond motifs is 1. The normalized spacial score (nSPS) is 13.8. The van der Waals surface area contributed by atoms with Crippen LogP contribution in [0.25, 0.3) is 0 Å². The highest BCUT2D eigenvalue weighted by Gasteiger charge is 2.38. The van der Waals surface area contributed by atoms with Gasteiger partial charge < -0.3 is 0 Å². The molecule has 0 aliphatic carbocycles. The van der Waals surface area contributed by atoms with Crippen LogP contribution in [0.5, 0.6) is 0 Å². The van der Waals surface area contributed by atoms with Crippen LogP contribution in [-0.2, 0) is 0 Å². The van der Waals surface area contributed by atoms with E-state index in [1.54, 1.807) is 24.3 Å². The molecule has 1 aliphatic heterocycles. The molecule has 1 heterocycles. The van der Waals surface area contributed by atoms with E-state index in [0.717, 1.165) is 4.90 Å². The number of amides is 2. The second-order valence-electron chi connectivity index (χ2n) is 4.31. The zero-order valence-electron chi connectivity index (χ0n) is 10.2. The maximum absolute atomic E-state index is 12.4. The monoisotopic (exact) mass is 359 g/mol. The number of halogens is 4. The van der Waals surface area contributed by atoms with Crippen LogP contribution < -0.4 is 4.90 Å². The fourth-order valence-corrected chi connectivity index (χ4v) is 3.01. The molecule has 2 aromatic rings. The Morgan fingerprint density at radius 1 is 0.762 bits per heavy atom. The first-order valence-corrected chi connectivity index (χ1v) is 7.25. The number of anilines is 1. The molecule has 0 N–H and O–H groups in total. The Morgan fingerprint density at radius 3 is 1.81 bits per heavy atom. The van der Waals surface area contributed by atoms with Crippen molar-refractivity contribution in [3.63, 3.8) is 0 Å². The highest BCUT2D eigenvalue weighted by Crippen LogP contribution is 2.44. The van der Waals surface area contributed by atoms with Crippen LogP contribution in [0.3, 0.4) is 0 Å². The van der Waals surface area contributed by atoms with Gasteiger partial charge in [0.2, 0.25) is 0 Å². The van der Waals surface area contributed by atoms with E-state index < -0.39 is 11.8 Å². The van der Waals surface area contributed by atoms with Crippen LogP contribution in [0.4, 0.5) is 5.69 Å². The second-order valence-corrected chi connectivity index (χ2v) is 5.85.